The fraction of sp³-hybridized carbons (Fsp3) is 0.714. The maximum Gasteiger partial charge on any atom is 0.407 e. The number of fused-ring (bicyclic) bond motifs is 1. The molecule has 0 saturated carbocycles. The molecule has 0 radical (unpaired) electrons. The molecule has 0 saturated heterocycles. The number of anilines is 1. The summed E-state index contributed by atoms with van der Waals surface area (Å²) in [6.07, 6.45) is -0.239. The number of benzene rings is 1. The first-order valence-electron chi connectivity index (χ1n) is 20.6. The lowest BCUT2D eigenvalue weighted by atomic mass is 10.1. The minimum atomic E-state index is -4.08. The van der Waals surface area contributed by atoms with Crippen molar-refractivity contribution in [3.05, 3.63) is 30.5 Å². The molecule has 0 aliphatic heterocycles. The van der Waals surface area contributed by atoms with Crippen LogP contribution in [0.25, 0.3) is 10.9 Å². The Bertz CT molecular complexity index is 1860. The molecule has 394 valence electrons. The Labute approximate surface area is 399 Å². The highest BCUT2D eigenvalue weighted by Crippen LogP contribution is 2.47. The molecule has 0 unspecified atom stereocenters. The SMILES string of the molecule is C.C.CC(C)(C)NC(=O)Nc1ccc2[nH]ccc2c1.CC(C)(C)NC(=O)OCCP(=O)(O)O.CCOP(=O)(CCOC(=O)NC(C)(C)C)OCC.COP(=O)(CCOC(=O)NC(C)(C)C)OC. The van der Waals surface area contributed by atoms with Crippen LogP contribution in [0.4, 0.5) is 24.9 Å². The molecular weight excluding hydrogens is 937 g/mol. The van der Waals surface area contributed by atoms with E-state index in [-0.39, 0.29) is 69.6 Å². The average Bonchev–Trinajstić information content (AvgIpc) is 3.57. The van der Waals surface area contributed by atoms with Crippen molar-refractivity contribution in [2.75, 3.05) is 71.1 Å². The quantitative estimate of drug-likeness (QED) is 0.0573. The number of aromatic amines is 1. The highest BCUT2D eigenvalue weighted by atomic mass is 31.2. The number of urea groups is 1. The molecule has 2 aromatic rings. The topological polar surface area (TPSA) is 300 Å². The van der Waals surface area contributed by atoms with Crippen molar-refractivity contribution in [3.63, 3.8) is 0 Å². The van der Waals surface area contributed by atoms with Crippen molar-refractivity contribution in [2.24, 2.45) is 0 Å². The van der Waals surface area contributed by atoms with E-state index >= 15 is 0 Å². The third-order valence-electron chi connectivity index (χ3n) is 6.75. The molecule has 67 heavy (non-hydrogen) atoms. The first-order chi connectivity index (χ1) is 29.5. The number of aromatic nitrogens is 1. The zero-order chi connectivity index (χ0) is 50.9. The number of amides is 5. The molecule has 0 spiro atoms. The Kier molecular flexibility index (Phi) is 33.5. The summed E-state index contributed by atoms with van der Waals surface area (Å²) in [5, 5.41) is 14.5. The van der Waals surface area contributed by atoms with Crippen LogP contribution in [0.15, 0.2) is 30.5 Å². The van der Waals surface area contributed by atoms with Gasteiger partial charge in [-0.15, -0.1) is 0 Å². The van der Waals surface area contributed by atoms with Crippen LogP contribution in [0.1, 0.15) is 112 Å². The number of carbonyl (C=O) groups is 4. The highest BCUT2D eigenvalue weighted by Gasteiger charge is 2.25. The van der Waals surface area contributed by atoms with Crippen molar-refractivity contribution < 1.29 is 75.0 Å². The van der Waals surface area contributed by atoms with Crippen LogP contribution < -0.4 is 26.6 Å². The van der Waals surface area contributed by atoms with Gasteiger partial charge in [-0.3, -0.25) is 13.7 Å². The number of H-pyrrole nitrogens is 1. The van der Waals surface area contributed by atoms with Gasteiger partial charge in [0.2, 0.25) is 0 Å². The highest BCUT2D eigenvalue weighted by molar-refractivity contribution is 7.54. The van der Waals surface area contributed by atoms with E-state index in [0.29, 0.717) is 13.2 Å². The Balaban J connectivity index is -0.000000393. The molecule has 0 bridgehead atoms. The van der Waals surface area contributed by atoms with Crippen molar-refractivity contribution >= 4 is 63.7 Å². The second kappa shape index (κ2) is 32.2. The first kappa shape index (κ1) is 69.9. The van der Waals surface area contributed by atoms with Crippen molar-refractivity contribution in [1.82, 2.24) is 26.3 Å². The lowest BCUT2D eigenvalue weighted by Gasteiger charge is -2.21. The molecule has 0 atom stereocenters. The van der Waals surface area contributed by atoms with E-state index in [1.165, 1.54) is 14.2 Å². The zero-order valence-corrected chi connectivity index (χ0v) is 43.7. The van der Waals surface area contributed by atoms with Gasteiger partial charge in [-0.05, 0) is 121 Å². The van der Waals surface area contributed by atoms with Gasteiger partial charge in [-0.2, -0.15) is 0 Å². The maximum atomic E-state index is 12.0. The van der Waals surface area contributed by atoms with E-state index in [1.54, 1.807) is 34.6 Å². The van der Waals surface area contributed by atoms with Crippen molar-refractivity contribution in [2.45, 2.75) is 134 Å². The molecule has 1 aromatic heterocycles. The fourth-order valence-corrected chi connectivity index (χ4v) is 6.83. The van der Waals surface area contributed by atoms with Crippen LogP contribution in [-0.4, -0.2) is 127 Å². The molecule has 0 aliphatic rings. The Morgan fingerprint density at radius 3 is 1.30 bits per heavy atom. The molecule has 5 amide bonds. The van der Waals surface area contributed by atoms with Gasteiger partial charge < -0.3 is 73.7 Å². The molecule has 1 aromatic carbocycles. The summed E-state index contributed by atoms with van der Waals surface area (Å²) in [7, 11) is -7.72. The number of alkyl carbamates (subject to hydrolysis) is 3. The summed E-state index contributed by atoms with van der Waals surface area (Å²) in [4.78, 5) is 65.2. The first-order valence-corrected chi connectivity index (χ1v) is 25.9. The predicted octanol–water partition coefficient (Wildman–Crippen LogP) is 9.82. The van der Waals surface area contributed by atoms with Gasteiger partial charge in [0, 0.05) is 59.2 Å². The lowest BCUT2D eigenvalue weighted by Crippen LogP contribution is -2.43. The molecule has 25 heteroatoms. The molecule has 8 N–H and O–H groups in total. The van der Waals surface area contributed by atoms with Gasteiger partial charge in [-0.25, -0.2) is 19.2 Å². The lowest BCUT2D eigenvalue weighted by molar-refractivity contribution is 0.139. The molecule has 2 rings (SSSR count). The van der Waals surface area contributed by atoms with Crippen LogP contribution >= 0.6 is 22.8 Å². The fourth-order valence-electron chi connectivity index (χ4n) is 4.24. The number of nitrogens with one attached hydrogen (secondary N) is 6. The van der Waals surface area contributed by atoms with Crippen LogP contribution in [-0.2, 0) is 46.0 Å². The molecule has 22 nitrogen and oxygen atoms in total. The summed E-state index contributed by atoms with van der Waals surface area (Å²) in [6.45, 7) is 26.0. The van der Waals surface area contributed by atoms with Gasteiger partial charge in [0.25, 0.3) is 0 Å². The molecule has 0 fully saturated rings. The van der Waals surface area contributed by atoms with E-state index in [9.17, 15) is 32.9 Å². The Morgan fingerprint density at radius 2 is 0.955 bits per heavy atom. The Morgan fingerprint density at radius 1 is 0.582 bits per heavy atom. The van der Waals surface area contributed by atoms with E-state index in [1.807, 2.05) is 92.8 Å². The number of carbonyl (C=O) groups excluding carboxylic acids is 4. The monoisotopic (exact) mass is 1020 g/mol. The van der Waals surface area contributed by atoms with Crippen LogP contribution in [0.3, 0.4) is 0 Å². The molecular formula is C42H85N6O16P3. The van der Waals surface area contributed by atoms with Gasteiger partial charge in [0.1, 0.15) is 19.8 Å². The third-order valence-corrected chi connectivity index (χ3v) is 11.4. The summed E-state index contributed by atoms with van der Waals surface area (Å²) < 4.78 is 67.8. The summed E-state index contributed by atoms with van der Waals surface area (Å²) in [5.74, 6) is 0. The van der Waals surface area contributed by atoms with Gasteiger partial charge in [-0.1, -0.05) is 14.9 Å². The minimum Gasteiger partial charge on any atom is -0.449 e. The average molecular weight is 1020 g/mol. The minimum absolute atomic E-state index is 0. The second-order valence-electron chi connectivity index (χ2n) is 17.9. The van der Waals surface area contributed by atoms with Crippen molar-refractivity contribution in [1.29, 1.82) is 0 Å². The van der Waals surface area contributed by atoms with Crippen molar-refractivity contribution in [3.8, 4) is 0 Å². The molecule has 0 aliphatic carbocycles. The van der Waals surface area contributed by atoms with E-state index in [2.05, 4.69) is 36.3 Å². The largest absolute Gasteiger partial charge is 0.449 e. The van der Waals surface area contributed by atoms with E-state index in [4.69, 9.17) is 37.4 Å². The number of hydrogen-bond acceptors (Lipinski definition) is 14. The molecule has 1 heterocycles. The summed E-state index contributed by atoms with van der Waals surface area (Å²) in [6, 6.07) is 7.55. The van der Waals surface area contributed by atoms with Gasteiger partial charge >= 0.3 is 47.1 Å². The van der Waals surface area contributed by atoms with Crippen LogP contribution in [0.5, 0.6) is 0 Å². The summed E-state index contributed by atoms with van der Waals surface area (Å²) in [5.41, 5.74) is 0.483. The van der Waals surface area contributed by atoms with Crippen LogP contribution in [0.2, 0.25) is 0 Å². The van der Waals surface area contributed by atoms with E-state index in [0.717, 1.165) is 16.6 Å². The standard InChI is InChI=1S/C13H17N3O.C11H24NO5P.C9H20NO5P.C7H16NO5P.2CH4/c1-13(2,3)16-12(17)15-10-4-5-11-9(8-10)6-7-14-11;1-6-16-18(14,17-7-2)9-8-15-10(13)12-11(3,4)5;1-9(2,3)10-8(11)15-6-7-16(12,13-4)14-5;1-7(2,3)8-6(9)13-4-5-14(10,11)12;;/h4-8,14H,1-3H3,(H2,15,16,17);6-9H2,1-5H3,(H,12,13);6-7H2,1-5H3,(H,10,11);4-5H2,1-3H3,(H,8,9)(H2,10,11,12);2*1H4. The smallest absolute Gasteiger partial charge is 0.407 e. The second-order valence-corrected chi connectivity index (χ2v) is 24.3. The number of rotatable bonds is 16. The maximum absolute atomic E-state index is 12.0. The number of ether oxygens (including phenoxy) is 3. The normalized spacial score (nSPS) is 11.7. The third kappa shape index (κ3) is 41.0. The van der Waals surface area contributed by atoms with Gasteiger partial charge in [0.15, 0.2) is 0 Å². The van der Waals surface area contributed by atoms with Gasteiger partial charge in [0.05, 0.1) is 31.7 Å². The van der Waals surface area contributed by atoms with Crippen LogP contribution in [0, 0.1) is 0 Å². The zero-order valence-electron chi connectivity index (χ0n) is 41.0. The summed E-state index contributed by atoms with van der Waals surface area (Å²) >= 11 is 0. The number of hydrogen-bond donors (Lipinski definition) is 8. The predicted molar refractivity (Wildman–Crippen MR) is 266 cm³/mol. The van der Waals surface area contributed by atoms with E-state index < -0.39 is 52.8 Å². The Hall–Kier alpha value is -3.71.